The Labute approximate surface area is 85.7 Å². The number of piperazine rings is 1. The Kier molecular flexibility index (Phi) is 3.89. The molecule has 0 unspecified atom stereocenters. The molecule has 1 N–H and O–H groups in total. The minimum Gasteiger partial charge on any atom is -0.347 e. The minimum atomic E-state index is 0.150. The second-order valence-electron chi connectivity index (χ2n) is 4.16. The number of hydrogen-bond acceptors (Lipinski definition) is 2. The van der Waals surface area contributed by atoms with Crippen LogP contribution in [0.4, 0.5) is 0 Å². The first kappa shape index (κ1) is 11.5. The molecule has 1 amide bonds. The first-order valence-corrected chi connectivity index (χ1v) is 5.35. The second kappa shape index (κ2) is 4.75. The van der Waals surface area contributed by atoms with Gasteiger partial charge in [-0.3, -0.25) is 9.28 Å². The van der Waals surface area contributed by atoms with Gasteiger partial charge in [0.25, 0.3) is 0 Å². The van der Waals surface area contributed by atoms with Gasteiger partial charge >= 0.3 is 0 Å². The number of carbonyl (C=O) groups excluding carboxylic acids is 1. The largest absolute Gasteiger partial charge is 0.347 e. The molecule has 0 radical (unpaired) electrons. The summed E-state index contributed by atoms with van der Waals surface area (Å²) in [7, 11) is 0. The summed E-state index contributed by atoms with van der Waals surface area (Å²) in [5.41, 5.74) is 0. The number of nitrogens with zero attached hydrogens (tertiary/aromatic N) is 2. The maximum atomic E-state index is 11.1. The van der Waals surface area contributed by atoms with Crippen LogP contribution in [0.2, 0.25) is 0 Å². The summed E-state index contributed by atoms with van der Waals surface area (Å²) in [6.45, 7) is 8.33. The van der Waals surface area contributed by atoms with E-state index in [1.807, 2.05) is 4.90 Å². The van der Waals surface area contributed by atoms with E-state index < -0.39 is 0 Å². The Hall–Kier alpha value is -0.610. The lowest BCUT2D eigenvalue weighted by molar-refractivity contribution is -0.948. The summed E-state index contributed by atoms with van der Waals surface area (Å²) < 4.78 is 0.764. The van der Waals surface area contributed by atoms with Crippen LogP contribution in [0.1, 0.15) is 20.3 Å². The fourth-order valence-electron chi connectivity index (χ4n) is 2.11. The van der Waals surface area contributed by atoms with Crippen molar-refractivity contribution < 1.29 is 14.4 Å². The first-order chi connectivity index (χ1) is 6.63. The van der Waals surface area contributed by atoms with Gasteiger partial charge in [0.2, 0.25) is 5.91 Å². The quantitative estimate of drug-likeness (QED) is 0.654. The molecular formula is C10H21N2O2+. The van der Waals surface area contributed by atoms with Gasteiger partial charge in [0, 0.05) is 6.92 Å². The average molecular weight is 201 g/mol. The van der Waals surface area contributed by atoms with E-state index in [1.165, 1.54) is 0 Å². The van der Waals surface area contributed by atoms with Crippen molar-refractivity contribution in [2.75, 3.05) is 39.5 Å². The first-order valence-electron chi connectivity index (χ1n) is 5.35. The molecule has 1 aliphatic heterocycles. The van der Waals surface area contributed by atoms with Crippen molar-refractivity contribution in [3.8, 4) is 0 Å². The topological polar surface area (TPSA) is 40.5 Å². The monoisotopic (exact) mass is 201 g/mol. The van der Waals surface area contributed by atoms with Gasteiger partial charge in [-0.05, 0) is 6.42 Å². The van der Waals surface area contributed by atoms with Crippen LogP contribution < -0.4 is 0 Å². The van der Waals surface area contributed by atoms with Crippen LogP contribution >= 0.6 is 0 Å². The average Bonchev–Trinajstić information content (AvgIpc) is 2.19. The highest BCUT2D eigenvalue weighted by atomic mass is 16.3. The van der Waals surface area contributed by atoms with E-state index in [-0.39, 0.29) is 12.6 Å². The SMILES string of the molecule is CCC[N+]1(CO)CCN(C(C)=O)CC1. The normalized spacial score (nSPS) is 20.9. The number of aliphatic hydroxyl groups excluding tert-OH is 1. The summed E-state index contributed by atoms with van der Waals surface area (Å²) in [5, 5.41) is 9.37. The van der Waals surface area contributed by atoms with Crippen molar-refractivity contribution >= 4 is 5.91 Å². The second-order valence-corrected chi connectivity index (χ2v) is 4.16. The van der Waals surface area contributed by atoms with Crippen LogP contribution in [-0.4, -0.2) is 59.9 Å². The molecule has 4 heteroatoms. The molecule has 1 fully saturated rings. The molecule has 82 valence electrons. The van der Waals surface area contributed by atoms with Crippen molar-refractivity contribution in [3.05, 3.63) is 0 Å². The van der Waals surface area contributed by atoms with Crippen LogP contribution in [0.5, 0.6) is 0 Å². The Morgan fingerprint density at radius 3 is 2.36 bits per heavy atom. The molecular weight excluding hydrogens is 180 g/mol. The minimum absolute atomic E-state index is 0.150. The van der Waals surface area contributed by atoms with Gasteiger partial charge in [0.1, 0.15) is 0 Å². The third kappa shape index (κ3) is 2.45. The lowest BCUT2D eigenvalue weighted by Gasteiger charge is -2.43. The van der Waals surface area contributed by atoms with Crippen molar-refractivity contribution in [2.45, 2.75) is 20.3 Å². The maximum absolute atomic E-state index is 11.1. The van der Waals surface area contributed by atoms with Gasteiger partial charge in [-0.2, -0.15) is 0 Å². The van der Waals surface area contributed by atoms with E-state index in [1.54, 1.807) is 6.92 Å². The van der Waals surface area contributed by atoms with Crippen molar-refractivity contribution in [1.82, 2.24) is 4.90 Å². The fraction of sp³-hybridized carbons (Fsp3) is 0.900. The van der Waals surface area contributed by atoms with Crippen LogP contribution in [0.15, 0.2) is 0 Å². The molecule has 0 aromatic heterocycles. The van der Waals surface area contributed by atoms with Crippen LogP contribution in [0.3, 0.4) is 0 Å². The smallest absolute Gasteiger partial charge is 0.219 e. The summed E-state index contributed by atoms with van der Waals surface area (Å²) >= 11 is 0. The lowest BCUT2D eigenvalue weighted by Crippen LogP contribution is -2.60. The van der Waals surface area contributed by atoms with Gasteiger partial charge in [0.15, 0.2) is 6.73 Å². The summed E-state index contributed by atoms with van der Waals surface area (Å²) in [6, 6.07) is 0. The Balaban J connectivity index is 2.50. The number of amides is 1. The van der Waals surface area contributed by atoms with Gasteiger partial charge in [-0.25, -0.2) is 0 Å². The molecule has 0 saturated carbocycles. The molecule has 0 aromatic carbocycles. The number of carbonyl (C=O) groups is 1. The maximum Gasteiger partial charge on any atom is 0.219 e. The molecule has 14 heavy (non-hydrogen) atoms. The van der Waals surface area contributed by atoms with Crippen LogP contribution in [0.25, 0.3) is 0 Å². The van der Waals surface area contributed by atoms with Gasteiger partial charge in [-0.15, -0.1) is 0 Å². The number of rotatable bonds is 3. The molecule has 1 saturated heterocycles. The van der Waals surface area contributed by atoms with E-state index >= 15 is 0 Å². The fourth-order valence-corrected chi connectivity index (χ4v) is 2.11. The van der Waals surface area contributed by atoms with E-state index in [4.69, 9.17) is 0 Å². The Bertz CT molecular complexity index is 198. The summed E-state index contributed by atoms with van der Waals surface area (Å²) in [4.78, 5) is 13.0. The van der Waals surface area contributed by atoms with Crippen LogP contribution in [-0.2, 0) is 4.79 Å². The summed E-state index contributed by atoms with van der Waals surface area (Å²) in [6.07, 6.45) is 1.08. The predicted molar refractivity (Wildman–Crippen MR) is 54.5 cm³/mol. The van der Waals surface area contributed by atoms with Crippen molar-refractivity contribution in [1.29, 1.82) is 0 Å². The van der Waals surface area contributed by atoms with Crippen molar-refractivity contribution in [2.24, 2.45) is 0 Å². The number of quaternary nitrogens is 1. The Morgan fingerprint density at radius 2 is 2.00 bits per heavy atom. The van der Waals surface area contributed by atoms with Crippen molar-refractivity contribution in [3.63, 3.8) is 0 Å². The van der Waals surface area contributed by atoms with Gasteiger partial charge in [0.05, 0.1) is 32.7 Å². The number of aliphatic hydroxyl groups is 1. The molecule has 0 bridgehead atoms. The zero-order valence-corrected chi connectivity index (χ0v) is 9.20. The van der Waals surface area contributed by atoms with E-state index in [0.717, 1.165) is 43.6 Å². The molecule has 0 aliphatic carbocycles. The molecule has 0 spiro atoms. The highest BCUT2D eigenvalue weighted by Gasteiger charge is 2.31. The number of hydrogen-bond donors (Lipinski definition) is 1. The standard InChI is InChI=1S/C10H21N2O2/c1-3-6-12(9-13)7-4-11(5-8-12)10(2)14/h13H,3-9H2,1-2H3/q+1. The van der Waals surface area contributed by atoms with Gasteiger partial charge in [-0.1, -0.05) is 6.92 Å². The zero-order valence-electron chi connectivity index (χ0n) is 9.20. The third-order valence-corrected chi connectivity index (χ3v) is 3.13. The molecule has 1 aliphatic rings. The highest BCUT2D eigenvalue weighted by molar-refractivity contribution is 5.73. The van der Waals surface area contributed by atoms with E-state index in [9.17, 15) is 9.90 Å². The zero-order chi connectivity index (χ0) is 10.6. The van der Waals surface area contributed by atoms with Crippen LogP contribution in [0, 0.1) is 0 Å². The molecule has 4 nitrogen and oxygen atoms in total. The Morgan fingerprint density at radius 1 is 1.43 bits per heavy atom. The third-order valence-electron chi connectivity index (χ3n) is 3.13. The predicted octanol–water partition coefficient (Wildman–Crippen LogP) is 0.0251. The van der Waals surface area contributed by atoms with E-state index in [2.05, 4.69) is 6.92 Å². The molecule has 1 rings (SSSR count). The highest BCUT2D eigenvalue weighted by Crippen LogP contribution is 2.13. The van der Waals surface area contributed by atoms with E-state index in [0.29, 0.717) is 0 Å². The lowest BCUT2D eigenvalue weighted by atomic mass is 10.2. The summed E-state index contributed by atoms with van der Waals surface area (Å²) in [5.74, 6) is 0.150. The molecule has 1 heterocycles. The molecule has 0 aromatic rings. The van der Waals surface area contributed by atoms with Gasteiger partial charge < -0.3 is 10.0 Å². The molecule has 0 atom stereocenters.